The average Bonchev–Trinajstić information content (AvgIpc) is 1.18. The smallest absolute Gasteiger partial charge is 0.462 e. The minimum atomic E-state index is -4.96. The van der Waals surface area contributed by atoms with E-state index in [1.54, 1.807) is 0 Å². The minimum absolute atomic E-state index is 0.106. The number of phosphoric acid groups is 2. The highest BCUT2D eigenvalue weighted by molar-refractivity contribution is 7.47. The third kappa shape index (κ3) is 71.1. The number of carbonyl (C=O) groups excluding carboxylic acids is 4. The molecule has 0 aliphatic heterocycles. The van der Waals surface area contributed by atoms with Crippen LogP contribution in [0.1, 0.15) is 414 Å². The van der Waals surface area contributed by atoms with Gasteiger partial charge in [0.05, 0.1) is 26.4 Å². The molecule has 0 aromatic heterocycles. The van der Waals surface area contributed by atoms with Crippen molar-refractivity contribution >= 4 is 39.5 Å². The Morgan fingerprint density at radius 2 is 0.520 bits per heavy atom. The molecule has 0 radical (unpaired) electrons. The van der Waals surface area contributed by atoms with Gasteiger partial charge in [-0.2, -0.15) is 0 Å². The van der Waals surface area contributed by atoms with Crippen molar-refractivity contribution in [3.05, 3.63) is 0 Å². The summed E-state index contributed by atoms with van der Waals surface area (Å²) in [6, 6.07) is 0. The first-order valence-electron chi connectivity index (χ1n) is 41.0. The van der Waals surface area contributed by atoms with Crippen molar-refractivity contribution in [3.63, 3.8) is 0 Å². The van der Waals surface area contributed by atoms with Gasteiger partial charge in [-0.3, -0.25) is 37.3 Å². The second-order valence-corrected chi connectivity index (χ2v) is 32.1. The second-order valence-electron chi connectivity index (χ2n) is 29.2. The fraction of sp³-hybridized carbons (Fsp3) is 0.949. The van der Waals surface area contributed by atoms with E-state index in [1.165, 1.54) is 225 Å². The fourth-order valence-corrected chi connectivity index (χ4v) is 13.7. The lowest BCUT2D eigenvalue weighted by Gasteiger charge is -2.21. The van der Waals surface area contributed by atoms with Gasteiger partial charge in [-0.05, 0) is 37.5 Å². The highest BCUT2D eigenvalue weighted by Gasteiger charge is 2.30. The van der Waals surface area contributed by atoms with Gasteiger partial charge in [0.25, 0.3) is 0 Å². The molecule has 0 aromatic rings. The molecule has 0 saturated heterocycles. The summed E-state index contributed by atoms with van der Waals surface area (Å²) in [5.74, 6) is -0.486. The number of ether oxygens (including phenoxy) is 4. The van der Waals surface area contributed by atoms with Crippen molar-refractivity contribution in [3.8, 4) is 0 Å². The van der Waals surface area contributed by atoms with E-state index in [2.05, 4.69) is 41.5 Å². The zero-order valence-corrected chi connectivity index (χ0v) is 65.9. The number of rotatable bonds is 78. The average molecular weight is 1440 g/mol. The fourth-order valence-electron chi connectivity index (χ4n) is 12.2. The zero-order chi connectivity index (χ0) is 72.1. The van der Waals surface area contributed by atoms with Gasteiger partial charge < -0.3 is 33.8 Å². The number of phosphoric ester groups is 2. The minimum Gasteiger partial charge on any atom is -0.462 e. The van der Waals surface area contributed by atoms with Gasteiger partial charge in [-0.1, -0.05) is 363 Å². The number of esters is 4. The van der Waals surface area contributed by atoms with Crippen LogP contribution in [0.3, 0.4) is 0 Å². The van der Waals surface area contributed by atoms with Crippen LogP contribution in [0.4, 0.5) is 0 Å². The van der Waals surface area contributed by atoms with Crippen molar-refractivity contribution < 1.29 is 80.2 Å². The van der Waals surface area contributed by atoms with Gasteiger partial charge in [0.15, 0.2) is 12.2 Å². The van der Waals surface area contributed by atoms with E-state index < -0.39 is 97.5 Å². The highest BCUT2D eigenvalue weighted by Crippen LogP contribution is 2.45. The molecule has 0 bridgehead atoms. The van der Waals surface area contributed by atoms with Crippen molar-refractivity contribution in [2.24, 2.45) is 11.8 Å². The maximum atomic E-state index is 13.1. The van der Waals surface area contributed by atoms with Gasteiger partial charge in [-0.15, -0.1) is 0 Å². The molecule has 17 nitrogen and oxygen atoms in total. The third-order valence-electron chi connectivity index (χ3n) is 18.8. The summed E-state index contributed by atoms with van der Waals surface area (Å²) in [6.45, 7) is 9.59. The summed E-state index contributed by atoms with van der Waals surface area (Å²) < 4.78 is 68.4. The molecule has 0 aliphatic rings. The molecule has 3 unspecified atom stereocenters. The third-order valence-corrected chi connectivity index (χ3v) is 20.7. The van der Waals surface area contributed by atoms with E-state index in [-0.39, 0.29) is 25.7 Å². The highest BCUT2D eigenvalue weighted by atomic mass is 31.2. The lowest BCUT2D eigenvalue weighted by molar-refractivity contribution is -0.161. The predicted octanol–water partition coefficient (Wildman–Crippen LogP) is 23.5. The summed E-state index contributed by atoms with van der Waals surface area (Å²) >= 11 is 0. The molecule has 0 saturated carbocycles. The molecule has 0 aliphatic carbocycles. The monoisotopic (exact) mass is 1440 g/mol. The van der Waals surface area contributed by atoms with Crippen LogP contribution < -0.4 is 0 Å². The quantitative estimate of drug-likeness (QED) is 0.0222. The van der Waals surface area contributed by atoms with E-state index in [1.807, 2.05) is 0 Å². The van der Waals surface area contributed by atoms with Crippen molar-refractivity contribution in [2.45, 2.75) is 432 Å². The molecule has 0 heterocycles. The Morgan fingerprint density at radius 1 is 0.296 bits per heavy atom. The van der Waals surface area contributed by atoms with E-state index in [0.717, 1.165) is 108 Å². The van der Waals surface area contributed by atoms with Crippen molar-refractivity contribution in [2.75, 3.05) is 39.6 Å². The summed E-state index contributed by atoms with van der Waals surface area (Å²) in [7, 11) is -9.91. The molecule has 0 amide bonds. The Hall–Kier alpha value is -1.94. The van der Waals surface area contributed by atoms with E-state index >= 15 is 0 Å². The summed E-state index contributed by atoms with van der Waals surface area (Å²) in [6.07, 6.45) is 60.1. The van der Waals surface area contributed by atoms with Crippen LogP contribution >= 0.6 is 15.6 Å². The van der Waals surface area contributed by atoms with Crippen LogP contribution in [0.15, 0.2) is 0 Å². The lowest BCUT2D eigenvalue weighted by atomic mass is 9.99. The normalized spacial score (nSPS) is 14.2. The maximum absolute atomic E-state index is 13.1. The van der Waals surface area contributed by atoms with Crippen LogP contribution in [0.25, 0.3) is 0 Å². The Bertz CT molecular complexity index is 1890. The van der Waals surface area contributed by atoms with Crippen LogP contribution in [0, 0.1) is 11.8 Å². The maximum Gasteiger partial charge on any atom is 0.472 e. The number of hydrogen-bond donors (Lipinski definition) is 3. The molecule has 0 rings (SSSR count). The molecule has 0 fully saturated rings. The Kier molecular flexibility index (Phi) is 69.3. The molecule has 582 valence electrons. The SMILES string of the molecule is CCCCCCCCCCCCCCCCCCCC(=O)OC[C@H](COP(=O)(O)OC[C@@H](O)COP(=O)(O)OC[C@@H](COC(=O)CCCCCCC)OC(=O)CCCCCCCCCCCCCC(C)C)OC(=O)CCCCCCCCCCCCCCCCCCCCC(C)CC. The van der Waals surface area contributed by atoms with Crippen LogP contribution in [0.5, 0.6) is 0 Å². The molecule has 0 aromatic carbocycles. The van der Waals surface area contributed by atoms with Gasteiger partial charge in [0.1, 0.15) is 19.3 Å². The molecule has 3 N–H and O–H groups in total. The summed E-state index contributed by atoms with van der Waals surface area (Å²) in [4.78, 5) is 72.6. The van der Waals surface area contributed by atoms with E-state index in [9.17, 15) is 43.2 Å². The first kappa shape index (κ1) is 96.1. The largest absolute Gasteiger partial charge is 0.472 e. The van der Waals surface area contributed by atoms with E-state index in [0.29, 0.717) is 25.7 Å². The molecule has 0 spiro atoms. The zero-order valence-electron chi connectivity index (χ0n) is 64.1. The standard InChI is InChI=1S/C79H154O17P2/c1-7-10-12-14-15-16-17-18-19-22-26-29-34-39-44-50-56-62-77(82)90-68-75(96-79(84)63-57-51-45-40-35-30-27-24-21-20-23-25-28-33-38-43-49-54-60-72(6)9-3)70-94-98(87,88)92-66-73(80)65-91-97(85,86)93-69-74(67-89-76(81)61-55-47-13-11-8-2)95-78(83)64-58-52-46-41-36-31-32-37-42-48-53-59-71(4)5/h71-75,80H,7-70H2,1-6H3,(H,85,86)(H,87,88)/t72?,73-,74+,75+/m0/s1. The van der Waals surface area contributed by atoms with Crippen molar-refractivity contribution in [1.82, 2.24) is 0 Å². The lowest BCUT2D eigenvalue weighted by Crippen LogP contribution is -2.30. The molecular weight excluding hydrogens is 1280 g/mol. The van der Waals surface area contributed by atoms with Crippen LogP contribution in [-0.2, 0) is 65.4 Å². The van der Waals surface area contributed by atoms with Gasteiger partial charge in [0, 0.05) is 25.7 Å². The molecule has 19 heteroatoms. The van der Waals surface area contributed by atoms with Gasteiger partial charge in [-0.25, -0.2) is 9.13 Å². The second kappa shape index (κ2) is 70.7. The topological polar surface area (TPSA) is 237 Å². The van der Waals surface area contributed by atoms with E-state index in [4.69, 9.17) is 37.0 Å². The number of unbranched alkanes of at least 4 members (excludes halogenated alkanes) is 47. The number of hydrogen-bond acceptors (Lipinski definition) is 15. The molecule has 6 atom stereocenters. The van der Waals surface area contributed by atoms with Gasteiger partial charge >= 0.3 is 39.5 Å². The van der Waals surface area contributed by atoms with Gasteiger partial charge in [0.2, 0.25) is 0 Å². The predicted molar refractivity (Wildman–Crippen MR) is 400 cm³/mol. The summed E-state index contributed by atoms with van der Waals surface area (Å²) in [5.41, 5.74) is 0. The van der Waals surface area contributed by atoms with Crippen molar-refractivity contribution in [1.29, 1.82) is 0 Å². The number of aliphatic hydroxyl groups excluding tert-OH is 1. The number of carbonyl (C=O) groups is 4. The Balaban J connectivity index is 5.12. The summed E-state index contributed by atoms with van der Waals surface area (Å²) in [5, 5.41) is 10.6. The van der Waals surface area contributed by atoms with Crippen LogP contribution in [0.2, 0.25) is 0 Å². The Morgan fingerprint density at radius 3 is 0.776 bits per heavy atom. The molecule has 98 heavy (non-hydrogen) atoms. The number of aliphatic hydroxyl groups is 1. The Labute approximate surface area is 600 Å². The first-order valence-corrected chi connectivity index (χ1v) is 44.0. The molecular formula is C79H154O17P2. The van der Waals surface area contributed by atoms with Crippen LogP contribution in [-0.4, -0.2) is 96.7 Å². The first-order chi connectivity index (χ1) is 47.4.